The van der Waals surface area contributed by atoms with Gasteiger partial charge in [0.1, 0.15) is 10.6 Å². The molecule has 0 radical (unpaired) electrons. The quantitative estimate of drug-likeness (QED) is 0.676. The van der Waals surface area contributed by atoms with Crippen LogP contribution in [-0.2, 0) is 14.6 Å². The zero-order valence-corrected chi connectivity index (χ0v) is 17.5. The maximum absolute atomic E-state index is 13.0. The molecule has 10 heteroatoms. The Hall–Kier alpha value is -2.69. The third-order valence-electron chi connectivity index (χ3n) is 5.23. The summed E-state index contributed by atoms with van der Waals surface area (Å²) >= 11 is 1.19. The monoisotopic (exact) mass is 450 g/mol. The van der Waals surface area contributed by atoms with Gasteiger partial charge in [0.15, 0.2) is 5.60 Å². The van der Waals surface area contributed by atoms with Gasteiger partial charge in [-0.1, -0.05) is 6.07 Å². The van der Waals surface area contributed by atoms with E-state index in [2.05, 4.69) is 10.1 Å². The van der Waals surface area contributed by atoms with E-state index in [9.17, 15) is 23.5 Å². The summed E-state index contributed by atoms with van der Waals surface area (Å²) < 4.78 is 34.8. The van der Waals surface area contributed by atoms with E-state index < -0.39 is 23.0 Å². The third kappa shape index (κ3) is 3.98. The number of hydrogen-bond acceptors (Lipinski definition) is 6. The van der Waals surface area contributed by atoms with E-state index in [4.69, 9.17) is 4.18 Å². The second kappa shape index (κ2) is 7.77. The molecule has 164 valence electrons. The maximum Gasteiger partial charge on any atom is 0.387 e. The highest BCUT2D eigenvalue weighted by atomic mass is 32.2. The number of amides is 2. The highest BCUT2D eigenvalue weighted by Crippen LogP contribution is 2.45. The number of carbonyl (C=O) groups excluding carboxylic acids is 2. The van der Waals surface area contributed by atoms with E-state index in [1.54, 1.807) is 18.2 Å². The average molecular weight is 450 g/mol. The standard InChI is InChI=1S/C21H20F2N2O5S/c1-20(8-9-29-31-20)24-17(26)12-6-7-16-15(10-12)21(2,28)18(27)25(16)13-4-3-5-14(11-13)30-19(22)23/h3-7,10-11,19,28H,8-9H2,1-2H3,(H,24,26)/t20?,21-/m0/s1. The summed E-state index contributed by atoms with van der Waals surface area (Å²) in [7, 11) is 0. The van der Waals surface area contributed by atoms with Crippen LogP contribution in [0.25, 0.3) is 0 Å². The number of benzene rings is 2. The van der Waals surface area contributed by atoms with Crippen molar-refractivity contribution in [1.82, 2.24) is 5.32 Å². The predicted octanol–water partition coefficient (Wildman–Crippen LogP) is 3.69. The van der Waals surface area contributed by atoms with E-state index >= 15 is 0 Å². The number of aliphatic hydroxyl groups is 1. The molecule has 31 heavy (non-hydrogen) atoms. The molecule has 2 N–H and O–H groups in total. The minimum atomic E-state index is -3.01. The molecule has 2 atom stereocenters. The van der Waals surface area contributed by atoms with Gasteiger partial charge in [-0.3, -0.25) is 14.5 Å². The zero-order valence-electron chi connectivity index (χ0n) is 16.7. The van der Waals surface area contributed by atoms with Crippen molar-refractivity contribution in [2.75, 3.05) is 11.5 Å². The van der Waals surface area contributed by atoms with E-state index in [-0.39, 0.29) is 28.5 Å². The van der Waals surface area contributed by atoms with Crippen molar-refractivity contribution in [3.05, 3.63) is 53.6 Å². The van der Waals surface area contributed by atoms with Crippen molar-refractivity contribution < 1.29 is 32.4 Å². The van der Waals surface area contributed by atoms with Crippen LogP contribution in [0.3, 0.4) is 0 Å². The highest BCUT2D eigenvalue weighted by molar-refractivity contribution is 7.96. The van der Waals surface area contributed by atoms with Crippen LogP contribution in [0.15, 0.2) is 42.5 Å². The van der Waals surface area contributed by atoms with Crippen LogP contribution < -0.4 is 15.0 Å². The summed E-state index contributed by atoms with van der Waals surface area (Å²) in [6.45, 7) is 0.702. The van der Waals surface area contributed by atoms with Crippen LogP contribution in [0, 0.1) is 0 Å². The molecule has 0 aliphatic carbocycles. The van der Waals surface area contributed by atoms with Gasteiger partial charge in [-0.05, 0) is 44.2 Å². The number of anilines is 2. The van der Waals surface area contributed by atoms with Crippen LogP contribution in [0.2, 0.25) is 0 Å². The average Bonchev–Trinajstić information content (AvgIpc) is 3.21. The summed E-state index contributed by atoms with van der Waals surface area (Å²) in [6.07, 6.45) is 0.648. The first kappa shape index (κ1) is 21.5. The Bertz CT molecular complexity index is 1040. The molecule has 2 amide bonds. The first-order chi connectivity index (χ1) is 14.6. The lowest BCUT2D eigenvalue weighted by atomic mass is 9.96. The Morgan fingerprint density at radius 2 is 2.06 bits per heavy atom. The van der Waals surface area contributed by atoms with Crippen molar-refractivity contribution in [2.45, 2.75) is 37.4 Å². The minimum absolute atomic E-state index is 0.117. The van der Waals surface area contributed by atoms with Gasteiger partial charge in [0, 0.05) is 35.7 Å². The highest BCUT2D eigenvalue weighted by Gasteiger charge is 2.47. The summed E-state index contributed by atoms with van der Waals surface area (Å²) in [5.41, 5.74) is -0.778. The smallest absolute Gasteiger partial charge is 0.387 e. The second-order valence-corrected chi connectivity index (χ2v) is 8.96. The minimum Gasteiger partial charge on any atom is -0.435 e. The Kier molecular flexibility index (Phi) is 5.40. The van der Waals surface area contributed by atoms with Gasteiger partial charge in [-0.15, -0.1) is 0 Å². The zero-order chi connectivity index (χ0) is 22.4. The number of carbonyl (C=O) groups is 2. The maximum atomic E-state index is 13.0. The second-order valence-electron chi connectivity index (χ2n) is 7.66. The van der Waals surface area contributed by atoms with E-state index in [0.717, 1.165) is 0 Å². The molecule has 0 spiro atoms. The lowest BCUT2D eigenvalue weighted by molar-refractivity contribution is -0.133. The third-order valence-corrected chi connectivity index (χ3v) is 6.19. The fraction of sp³-hybridized carbons (Fsp3) is 0.333. The van der Waals surface area contributed by atoms with Crippen molar-refractivity contribution in [3.63, 3.8) is 0 Å². The topological polar surface area (TPSA) is 88.1 Å². The van der Waals surface area contributed by atoms with Crippen molar-refractivity contribution in [1.29, 1.82) is 0 Å². The largest absolute Gasteiger partial charge is 0.435 e. The predicted molar refractivity (Wildman–Crippen MR) is 110 cm³/mol. The molecular weight excluding hydrogens is 430 g/mol. The molecular formula is C21H20F2N2O5S. The van der Waals surface area contributed by atoms with Gasteiger partial charge in [-0.25, -0.2) is 0 Å². The molecule has 1 unspecified atom stereocenters. The summed E-state index contributed by atoms with van der Waals surface area (Å²) in [5.74, 6) is -1.15. The summed E-state index contributed by atoms with van der Waals surface area (Å²) in [5, 5.41) is 13.8. The number of rotatable bonds is 5. The Labute approximate surface area is 181 Å². The SMILES string of the molecule is CC1(NC(=O)c2ccc3c(c2)[C@](C)(O)C(=O)N3c2cccc(OC(F)F)c2)CCOS1. The molecule has 4 rings (SSSR count). The van der Waals surface area contributed by atoms with Gasteiger partial charge >= 0.3 is 6.61 Å². The van der Waals surface area contributed by atoms with Crippen LogP contribution >= 0.6 is 12.0 Å². The molecule has 2 aromatic rings. The van der Waals surface area contributed by atoms with Crippen LogP contribution in [0.1, 0.15) is 36.2 Å². The molecule has 2 heterocycles. The number of fused-ring (bicyclic) bond motifs is 1. The molecule has 2 aromatic carbocycles. The number of nitrogens with zero attached hydrogens (tertiary/aromatic N) is 1. The number of halogens is 2. The Morgan fingerprint density at radius 3 is 2.74 bits per heavy atom. The molecule has 1 fully saturated rings. The lowest BCUT2D eigenvalue weighted by Crippen LogP contribution is -2.41. The first-order valence-electron chi connectivity index (χ1n) is 9.50. The van der Waals surface area contributed by atoms with Gasteiger partial charge in [-0.2, -0.15) is 8.78 Å². The van der Waals surface area contributed by atoms with Gasteiger partial charge < -0.3 is 19.3 Å². The summed E-state index contributed by atoms with van der Waals surface area (Å²) in [6, 6.07) is 10.2. The van der Waals surface area contributed by atoms with Crippen LogP contribution in [-0.4, -0.2) is 35.0 Å². The fourth-order valence-electron chi connectivity index (χ4n) is 3.61. The van der Waals surface area contributed by atoms with Crippen LogP contribution in [0.4, 0.5) is 20.2 Å². The van der Waals surface area contributed by atoms with Crippen LogP contribution in [0.5, 0.6) is 5.75 Å². The molecule has 7 nitrogen and oxygen atoms in total. The number of nitrogens with one attached hydrogen (secondary N) is 1. The van der Waals surface area contributed by atoms with Crippen molar-refractivity contribution in [3.8, 4) is 5.75 Å². The number of hydrogen-bond donors (Lipinski definition) is 2. The Balaban J connectivity index is 1.68. The van der Waals surface area contributed by atoms with Gasteiger partial charge in [0.25, 0.3) is 11.8 Å². The van der Waals surface area contributed by atoms with E-state index in [1.807, 2.05) is 6.92 Å². The molecule has 0 saturated carbocycles. The molecule has 0 bridgehead atoms. The molecule has 1 saturated heterocycles. The Morgan fingerprint density at radius 1 is 1.29 bits per heavy atom. The van der Waals surface area contributed by atoms with Gasteiger partial charge in [0.05, 0.1) is 18.0 Å². The first-order valence-corrected chi connectivity index (χ1v) is 10.2. The number of alkyl halides is 2. The lowest BCUT2D eigenvalue weighted by Gasteiger charge is -2.22. The van der Waals surface area contributed by atoms with Gasteiger partial charge in [0.2, 0.25) is 0 Å². The van der Waals surface area contributed by atoms with Crippen molar-refractivity contribution in [2.24, 2.45) is 0 Å². The fourth-order valence-corrected chi connectivity index (χ4v) is 4.33. The molecule has 2 aliphatic heterocycles. The molecule has 0 aromatic heterocycles. The number of ether oxygens (including phenoxy) is 1. The normalized spacial score (nSPS) is 25.1. The van der Waals surface area contributed by atoms with E-state index in [1.165, 1.54) is 48.1 Å². The summed E-state index contributed by atoms with van der Waals surface area (Å²) in [4.78, 5) is 26.4. The van der Waals surface area contributed by atoms with Crippen molar-refractivity contribution >= 4 is 35.2 Å². The van der Waals surface area contributed by atoms with E-state index in [0.29, 0.717) is 18.7 Å². The molecule has 2 aliphatic rings.